The summed E-state index contributed by atoms with van der Waals surface area (Å²) in [7, 11) is 0. The summed E-state index contributed by atoms with van der Waals surface area (Å²) < 4.78 is 0. The summed E-state index contributed by atoms with van der Waals surface area (Å²) >= 11 is 0. The first kappa shape index (κ1) is 25.1. The molecule has 4 fully saturated rings. The zero-order valence-electron chi connectivity index (χ0n) is 23.6. The first-order chi connectivity index (χ1) is 20.7. The van der Waals surface area contributed by atoms with Crippen LogP contribution in [0.3, 0.4) is 0 Å². The van der Waals surface area contributed by atoms with Crippen molar-refractivity contribution in [1.82, 2.24) is 15.0 Å². The quantitative estimate of drug-likeness (QED) is 0.222. The van der Waals surface area contributed by atoms with Crippen molar-refractivity contribution < 1.29 is 0 Å². The monoisotopic (exact) mass is 544 g/mol. The molecule has 4 bridgehead atoms. The van der Waals surface area contributed by atoms with Crippen LogP contribution in [0.2, 0.25) is 0 Å². The van der Waals surface area contributed by atoms with Gasteiger partial charge in [-0.05, 0) is 78.9 Å². The fourth-order valence-electron chi connectivity index (χ4n) is 8.51. The Balaban J connectivity index is 1.23. The Labute approximate surface area is 247 Å². The van der Waals surface area contributed by atoms with Gasteiger partial charge in [0.25, 0.3) is 0 Å². The molecule has 4 saturated carbocycles. The van der Waals surface area contributed by atoms with Crippen LogP contribution in [0.1, 0.15) is 49.7 Å². The Hall–Kier alpha value is -4.62. The van der Waals surface area contributed by atoms with E-state index in [2.05, 4.69) is 30.3 Å². The molecule has 5 aromatic rings. The van der Waals surface area contributed by atoms with Crippen LogP contribution in [0.25, 0.3) is 45.3 Å². The number of rotatable bonds is 5. The van der Waals surface area contributed by atoms with Crippen molar-refractivity contribution in [2.75, 3.05) is 0 Å². The summed E-state index contributed by atoms with van der Waals surface area (Å²) in [6.07, 6.45) is 8.42. The third kappa shape index (κ3) is 4.32. The van der Waals surface area contributed by atoms with Crippen LogP contribution < -0.4 is 0 Å². The molecular weight excluding hydrogens is 512 g/mol. The van der Waals surface area contributed by atoms with Gasteiger partial charge in [-0.25, -0.2) is 15.0 Å². The average molecular weight is 545 g/mol. The van der Waals surface area contributed by atoms with Crippen molar-refractivity contribution in [2.24, 2.45) is 17.8 Å². The highest BCUT2D eigenvalue weighted by atomic mass is 15.0. The minimum atomic E-state index is 0.361. The highest BCUT2D eigenvalue weighted by molar-refractivity contribution is 5.84. The molecular formula is C38H32N4. The summed E-state index contributed by atoms with van der Waals surface area (Å²) in [6, 6.07) is 37.4. The van der Waals surface area contributed by atoms with Gasteiger partial charge in [-0.15, -0.1) is 0 Å². The van der Waals surface area contributed by atoms with E-state index in [0.29, 0.717) is 28.5 Å². The van der Waals surface area contributed by atoms with Gasteiger partial charge >= 0.3 is 0 Å². The second kappa shape index (κ2) is 10.0. The number of hydrogen-bond donors (Lipinski definition) is 0. The first-order valence-corrected chi connectivity index (χ1v) is 15.2. The number of nitriles is 1. The average Bonchev–Trinajstić information content (AvgIpc) is 3.04. The van der Waals surface area contributed by atoms with Gasteiger partial charge in [0.05, 0.1) is 11.6 Å². The second-order valence-corrected chi connectivity index (χ2v) is 12.7. The summed E-state index contributed by atoms with van der Waals surface area (Å²) in [6.45, 7) is 0. The Morgan fingerprint density at radius 1 is 0.524 bits per heavy atom. The van der Waals surface area contributed by atoms with Crippen LogP contribution >= 0.6 is 0 Å². The summed E-state index contributed by atoms with van der Waals surface area (Å²) in [5.74, 6) is 4.67. The van der Waals surface area contributed by atoms with Gasteiger partial charge in [-0.1, -0.05) is 97.1 Å². The van der Waals surface area contributed by atoms with Crippen LogP contribution in [0.15, 0.2) is 103 Å². The van der Waals surface area contributed by atoms with Crippen molar-refractivity contribution in [3.05, 3.63) is 114 Å². The molecule has 4 aliphatic rings. The lowest BCUT2D eigenvalue weighted by Gasteiger charge is -2.57. The number of aromatic nitrogens is 3. The number of benzene rings is 4. The maximum Gasteiger partial charge on any atom is 0.164 e. The lowest BCUT2D eigenvalue weighted by molar-refractivity contribution is -0.00518. The smallest absolute Gasteiger partial charge is 0.164 e. The first-order valence-electron chi connectivity index (χ1n) is 15.2. The van der Waals surface area contributed by atoms with Crippen LogP contribution in [0, 0.1) is 29.1 Å². The molecule has 204 valence electrons. The van der Waals surface area contributed by atoms with Crippen LogP contribution in [-0.4, -0.2) is 15.0 Å². The Kier molecular flexibility index (Phi) is 6.00. The SMILES string of the molecule is N#Cc1ccccc1-c1ccccc1-c1nc(-c2ccccc2)nc(-c2ccc(C34C[C@H]5C[C@@H](C3)C[C@@H](C4)C5)cc2)n1. The third-order valence-corrected chi connectivity index (χ3v) is 9.97. The van der Waals surface area contributed by atoms with Gasteiger partial charge in [0.15, 0.2) is 17.5 Å². The highest BCUT2D eigenvalue weighted by Crippen LogP contribution is 2.60. The molecule has 4 nitrogen and oxygen atoms in total. The Morgan fingerprint density at radius 3 is 1.64 bits per heavy atom. The van der Waals surface area contributed by atoms with Crippen molar-refractivity contribution in [1.29, 1.82) is 5.26 Å². The Morgan fingerprint density at radius 2 is 1.02 bits per heavy atom. The molecule has 42 heavy (non-hydrogen) atoms. The van der Waals surface area contributed by atoms with E-state index in [0.717, 1.165) is 45.6 Å². The fourth-order valence-corrected chi connectivity index (χ4v) is 8.51. The van der Waals surface area contributed by atoms with E-state index in [1.807, 2.05) is 78.9 Å². The topological polar surface area (TPSA) is 62.5 Å². The molecule has 0 aliphatic heterocycles. The molecule has 4 aliphatic carbocycles. The minimum absolute atomic E-state index is 0.361. The minimum Gasteiger partial charge on any atom is -0.208 e. The van der Waals surface area contributed by atoms with Crippen LogP contribution in [0.5, 0.6) is 0 Å². The molecule has 9 rings (SSSR count). The molecule has 0 radical (unpaired) electrons. The molecule has 4 heteroatoms. The molecule has 0 saturated heterocycles. The lowest BCUT2D eigenvalue weighted by atomic mass is 9.48. The van der Waals surface area contributed by atoms with Gasteiger partial charge in [-0.3, -0.25) is 0 Å². The number of nitrogens with zero attached hydrogens (tertiary/aromatic N) is 4. The predicted molar refractivity (Wildman–Crippen MR) is 166 cm³/mol. The van der Waals surface area contributed by atoms with E-state index in [4.69, 9.17) is 15.0 Å². The van der Waals surface area contributed by atoms with E-state index >= 15 is 0 Å². The van der Waals surface area contributed by atoms with Gasteiger partial charge in [-0.2, -0.15) is 5.26 Å². The normalized spacial score (nSPS) is 23.9. The molecule has 0 N–H and O–H groups in total. The fraction of sp³-hybridized carbons (Fsp3) is 0.263. The second-order valence-electron chi connectivity index (χ2n) is 12.7. The van der Waals surface area contributed by atoms with E-state index < -0.39 is 0 Å². The lowest BCUT2D eigenvalue weighted by Crippen LogP contribution is -2.48. The van der Waals surface area contributed by atoms with Gasteiger partial charge in [0.1, 0.15) is 0 Å². The molecule has 1 aromatic heterocycles. The van der Waals surface area contributed by atoms with Gasteiger partial charge in [0.2, 0.25) is 0 Å². The maximum absolute atomic E-state index is 9.82. The predicted octanol–water partition coefficient (Wildman–Crippen LogP) is 8.88. The molecule has 0 atom stereocenters. The van der Waals surface area contributed by atoms with Crippen molar-refractivity contribution in [2.45, 2.75) is 43.9 Å². The zero-order valence-corrected chi connectivity index (χ0v) is 23.6. The van der Waals surface area contributed by atoms with E-state index in [9.17, 15) is 5.26 Å². The van der Waals surface area contributed by atoms with Gasteiger partial charge < -0.3 is 0 Å². The van der Waals surface area contributed by atoms with E-state index in [-0.39, 0.29) is 0 Å². The summed E-state index contributed by atoms with van der Waals surface area (Å²) in [4.78, 5) is 15.0. The highest BCUT2D eigenvalue weighted by Gasteiger charge is 2.51. The zero-order chi connectivity index (χ0) is 28.1. The van der Waals surface area contributed by atoms with Crippen molar-refractivity contribution in [3.8, 4) is 51.4 Å². The van der Waals surface area contributed by atoms with E-state index in [1.165, 1.54) is 44.1 Å². The standard InChI is InChI=1S/C38H32N4/c39-24-30-10-4-5-11-32(30)33-12-6-7-13-34(33)37-41-35(28-8-2-1-3-9-28)40-36(42-37)29-14-16-31(17-15-29)38-21-25-18-26(22-38)20-27(19-25)23-38/h1-17,25-27H,18-23H2/t25-,26+,27-,38?. The Bertz CT molecular complexity index is 1780. The molecule has 4 aromatic carbocycles. The third-order valence-electron chi connectivity index (χ3n) is 9.97. The molecule has 1 heterocycles. The van der Waals surface area contributed by atoms with Crippen molar-refractivity contribution in [3.63, 3.8) is 0 Å². The maximum atomic E-state index is 9.82. The molecule has 0 unspecified atom stereocenters. The molecule has 0 amide bonds. The van der Waals surface area contributed by atoms with Crippen LogP contribution in [0.4, 0.5) is 0 Å². The van der Waals surface area contributed by atoms with Crippen LogP contribution in [-0.2, 0) is 5.41 Å². The van der Waals surface area contributed by atoms with Gasteiger partial charge in [0, 0.05) is 22.3 Å². The molecule has 0 spiro atoms. The summed E-state index contributed by atoms with van der Waals surface area (Å²) in [5, 5.41) is 9.82. The van der Waals surface area contributed by atoms with E-state index in [1.54, 1.807) is 0 Å². The summed E-state index contributed by atoms with van der Waals surface area (Å²) in [5.41, 5.74) is 7.12. The number of hydrogen-bond acceptors (Lipinski definition) is 4. The largest absolute Gasteiger partial charge is 0.208 e. The van der Waals surface area contributed by atoms with Crippen molar-refractivity contribution >= 4 is 0 Å².